The highest BCUT2D eigenvalue weighted by Crippen LogP contribution is 2.19. The highest BCUT2D eigenvalue weighted by Gasteiger charge is 2.20. The molecule has 8 heteroatoms. The van der Waals surface area contributed by atoms with Gasteiger partial charge in [0.15, 0.2) is 0 Å². The maximum Gasteiger partial charge on any atom is 0.267 e. The molecule has 0 spiro atoms. The van der Waals surface area contributed by atoms with Gasteiger partial charge in [-0.2, -0.15) is 5.26 Å². The number of primary sulfonamides is 1. The smallest absolute Gasteiger partial charge is 0.267 e. The summed E-state index contributed by atoms with van der Waals surface area (Å²) in [6, 6.07) is 7.52. The number of carbonyl (C=O) groups is 1. The summed E-state index contributed by atoms with van der Waals surface area (Å²) in [5.41, 5.74) is 0.331. The van der Waals surface area contributed by atoms with E-state index in [1.54, 1.807) is 0 Å². The Hall–Kier alpha value is -2.37. The molecule has 0 atom stereocenters. The lowest BCUT2D eigenvalue weighted by Gasteiger charge is -2.05. The molecule has 1 amide bonds. The number of hydrogen-bond acceptors (Lipinski definition) is 5. The third kappa shape index (κ3) is 4.30. The fourth-order valence-corrected chi connectivity index (χ4v) is 2.04. The molecule has 0 saturated heterocycles. The average Bonchev–Trinajstić information content (AvgIpc) is 3.23. The zero-order chi connectivity index (χ0) is 15.5. The van der Waals surface area contributed by atoms with Crippen LogP contribution in [-0.2, 0) is 14.8 Å². The van der Waals surface area contributed by atoms with E-state index in [1.165, 1.54) is 30.5 Å². The predicted molar refractivity (Wildman–Crippen MR) is 76.3 cm³/mol. The topological polar surface area (TPSA) is 125 Å². The number of nitrogens with two attached hydrogens (primary N) is 1. The second kappa shape index (κ2) is 5.95. The number of rotatable bonds is 5. The van der Waals surface area contributed by atoms with Crippen LogP contribution in [0, 0.1) is 11.3 Å². The summed E-state index contributed by atoms with van der Waals surface area (Å²) < 4.78 is 22.2. The van der Waals surface area contributed by atoms with E-state index in [0.717, 1.165) is 12.8 Å². The normalized spacial score (nSPS) is 15.1. The van der Waals surface area contributed by atoms with Crippen molar-refractivity contribution in [2.45, 2.75) is 23.8 Å². The summed E-state index contributed by atoms with van der Waals surface area (Å²) in [5.74, 6) is -0.561. The van der Waals surface area contributed by atoms with Gasteiger partial charge < -0.3 is 10.6 Å². The van der Waals surface area contributed by atoms with Gasteiger partial charge in [0.25, 0.3) is 5.91 Å². The van der Waals surface area contributed by atoms with Gasteiger partial charge in [0.1, 0.15) is 11.6 Å². The minimum Gasteiger partial charge on any atom is -0.387 e. The lowest BCUT2D eigenvalue weighted by atomic mass is 10.2. The van der Waals surface area contributed by atoms with E-state index in [4.69, 9.17) is 10.4 Å². The molecule has 0 aliphatic heterocycles. The Kier molecular flexibility index (Phi) is 4.26. The van der Waals surface area contributed by atoms with Crippen molar-refractivity contribution in [2.24, 2.45) is 5.14 Å². The Morgan fingerprint density at radius 1 is 1.33 bits per heavy atom. The number of carbonyl (C=O) groups excluding carboxylic acids is 1. The fourth-order valence-electron chi connectivity index (χ4n) is 1.53. The molecule has 1 saturated carbocycles. The summed E-state index contributed by atoms with van der Waals surface area (Å²) in [6.07, 6.45) is 3.46. The van der Waals surface area contributed by atoms with Crippen LogP contribution < -0.4 is 15.8 Å². The molecule has 21 heavy (non-hydrogen) atoms. The predicted octanol–water partition coefficient (Wildman–Crippen LogP) is 0.432. The van der Waals surface area contributed by atoms with Crippen molar-refractivity contribution in [3.8, 4) is 6.07 Å². The molecule has 0 heterocycles. The minimum atomic E-state index is -3.77. The molecule has 2 rings (SSSR count). The average molecular weight is 306 g/mol. The standard InChI is InChI=1S/C13H14N4O3S/c14-7-9(8-16-10-1-2-10)13(18)17-11-3-5-12(6-4-11)21(15,19)20/h3-6,8,10,16H,1-2H2,(H,17,18)(H2,15,19,20)/b9-8-. The van der Waals surface area contributed by atoms with E-state index >= 15 is 0 Å². The highest BCUT2D eigenvalue weighted by molar-refractivity contribution is 7.89. The highest BCUT2D eigenvalue weighted by atomic mass is 32.2. The summed E-state index contributed by atoms with van der Waals surface area (Å²) >= 11 is 0. The molecule has 0 unspecified atom stereocenters. The molecule has 4 N–H and O–H groups in total. The minimum absolute atomic E-state index is 0.0441. The second-order valence-corrected chi connectivity index (χ2v) is 6.20. The number of benzene rings is 1. The lowest BCUT2D eigenvalue weighted by Crippen LogP contribution is -2.17. The molecular formula is C13H14N4O3S. The fraction of sp³-hybridized carbons (Fsp3) is 0.231. The van der Waals surface area contributed by atoms with Crippen molar-refractivity contribution in [1.82, 2.24) is 5.32 Å². The summed E-state index contributed by atoms with van der Waals surface area (Å²) in [7, 11) is -3.77. The Labute approximate surface area is 122 Å². The van der Waals surface area contributed by atoms with Crippen LogP contribution in [0.15, 0.2) is 40.9 Å². The zero-order valence-corrected chi connectivity index (χ0v) is 11.9. The molecule has 0 radical (unpaired) electrons. The molecule has 1 aromatic rings. The van der Waals surface area contributed by atoms with Gasteiger partial charge in [0.05, 0.1) is 4.90 Å². The first kappa shape index (κ1) is 15.0. The van der Waals surface area contributed by atoms with Crippen LogP contribution in [-0.4, -0.2) is 20.4 Å². The maximum absolute atomic E-state index is 11.9. The van der Waals surface area contributed by atoms with E-state index in [9.17, 15) is 13.2 Å². The van der Waals surface area contributed by atoms with Gasteiger partial charge in [0, 0.05) is 17.9 Å². The largest absolute Gasteiger partial charge is 0.387 e. The zero-order valence-electron chi connectivity index (χ0n) is 11.0. The number of hydrogen-bond donors (Lipinski definition) is 3. The summed E-state index contributed by atoms with van der Waals surface area (Å²) in [5, 5.41) is 19.4. The van der Waals surface area contributed by atoms with Gasteiger partial charge in [-0.05, 0) is 37.1 Å². The van der Waals surface area contributed by atoms with Crippen LogP contribution in [0.25, 0.3) is 0 Å². The van der Waals surface area contributed by atoms with Crippen LogP contribution in [0.4, 0.5) is 5.69 Å². The van der Waals surface area contributed by atoms with Crippen molar-refractivity contribution in [3.63, 3.8) is 0 Å². The molecule has 0 aromatic heterocycles. The van der Waals surface area contributed by atoms with E-state index < -0.39 is 15.9 Å². The molecule has 0 bridgehead atoms. The first-order valence-corrected chi connectivity index (χ1v) is 7.75. The van der Waals surface area contributed by atoms with E-state index in [-0.39, 0.29) is 10.5 Å². The molecule has 110 valence electrons. The number of amides is 1. The Balaban J connectivity index is 2.04. The van der Waals surface area contributed by atoms with Gasteiger partial charge in [-0.1, -0.05) is 0 Å². The van der Waals surface area contributed by atoms with Gasteiger partial charge in [-0.25, -0.2) is 13.6 Å². The third-order valence-corrected chi connectivity index (χ3v) is 3.78. The number of nitrogens with zero attached hydrogens (tertiary/aromatic N) is 1. The van der Waals surface area contributed by atoms with E-state index in [2.05, 4.69) is 10.6 Å². The van der Waals surface area contributed by atoms with Crippen LogP contribution in [0.3, 0.4) is 0 Å². The van der Waals surface area contributed by atoms with Gasteiger partial charge in [-0.15, -0.1) is 0 Å². The van der Waals surface area contributed by atoms with Crippen molar-refractivity contribution in [3.05, 3.63) is 36.0 Å². The molecule has 1 aromatic carbocycles. The monoisotopic (exact) mass is 306 g/mol. The molecular weight excluding hydrogens is 292 g/mol. The Bertz CT molecular complexity index is 713. The van der Waals surface area contributed by atoms with Crippen molar-refractivity contribution < 1.29 is 13.2 Å². The van der Waals surface area contributed by atoms with Crippen LogP contribution >= 0.6 is 0 Å². The first-order chi connectivity index (χ1) is 9.90. The molecule has 1 aliphatic carbocycles. The second-order valence-electron chi connectivity index (χ2n) is 4.63. The van der Waals surface area contributed by atoms with Crippen LogP contribution in [0.5, 0.6) is 0 Å². The lowest BCUT2D eigenvalue weighted by molar-refractivity contribution is -0.112. The SMILES string of the molecule is N#C/C(=C/NC1CC1)C(=O)Nc1ccc(S(N)(=O)=O)cc1. The Morgan fingerprint density at radius 2 is 1.95 bits per heavy atom. The summed E-state index contributed by atoms with van der Waals surface area (Å²) in [6.45, 7) is 0. The molecule has 1 fully saturated rings. The summed E-state index contributed by atoms with van der Waals surface area (Å²) in [4.78, 5) is 11.8. The number of sulfonamides is 1. The van der Waals surface area contributed by atoms with Crippen LogP contribution in [0.1, 0.15) is 12.8 Å². The van der Waals surface area contributed by atoms with E-state index in [0.29, 0.717) is 11.7 Å². The first-order valence-electron chi connectivity index (χ1n) is 6.20. The quantitative estimate of drug-likeness (QED) is 0.537. The van der Waals surface area contributed by atoms with Crippen molar-refractivity contribution in [1.29, 1.82) is 5.26 Å². The third-order valence-electron chi connectivity index (χ3n) is 2.85. The van der Waals surface area contributed by atoms with Crippen LogP contribution in [0.2, 0.25) is 0 Å². The van der Waals surface area contributed by atoms with E-state index in [1.807, 2.05) is 6.07 Å². The van der Waals surface area contributed by atoms with Gasteiger partial charge >= 0.3 is 0 Å². The van der Waals surface area contributed by atoms with Crippen molar-refractivity contribution >= 4 is 21.6 Å². The molecule has 7 nitrogen and oxygen atoms in total. The van der Waals surface area contributed by atoms with Gasteiger partial charge in [0.2, 0.25) is 10.0 Å². The number of anilines is 1. The maximum atomic E-state index is 11.9. The molecule has 1 aliphatic rings. The number of nitriles is 1. The number of nitrogens with one attached hydrogen (secondary N) is 2. The van der Waals surface area contributed by atoms with Crippen molar-refractivity contribution in [2.75, 3.05) is 5.32 Å². The van der Waals surface area contributed by atoms with Gasteiger partial charge in [-0.3, -0.25) is 4.79 Å². The Morgan fingerprint density at radius 3 is 2.43 bits per heavy atom.